The summed E-state index contributed by atoms with van der Waals surface area (Å²) in [5, 5.41) is 9.70. The molecule has 0 unspecified atom stereocenters. The van der Waals surface area contributed by atoms with Gasteiger partial charge in [0.1, 0.15) is 0 Å². The van der Waals surface area contributed by atoms with Crippen LogP contribution < -0.4 is 5.06 Å². The molecule has 13 heavy (non-hydrogen) atoms. The van der Waals surface area contributed by atoms with E-state index in [2.05, 4.69) is 4.85 Å². The van der Waals surface area contributed by atoms with E-state index in [1.165, 1.54) is 31.2 Å². The average molecular weight is 176 g/mol. The van der Waals surface area contributed by atoms with Gasteiger partial charge in [0.25, 0.3) is 0 Å². The second-order valence-corrected chi connectivity index (χ2v) is 2.46. The highest BCUT2D eigenvalue weighted by molar-refractivity contribution is 5.89. The van der Waals surface area contributed by atoms with Gasteiger partial charge in [-0.05, 0) is 12.1 Å². The van der Waals surface area contributed by atoms with Gasteiger partial charge in [0, 0.05) is 6.92 Å². The van der Waals surface area contributed by atoms with Gasteiger partial charge in [0.15, 0.2) is 5.69 Å². The number of nitrogens with zero attached hydrogens (tertiary/aromatic N) is 2. The molecule has 4 nitrogen and oxygen atoms in total. The van der Waals surface area contributed by atoms with Gasteiger partial charge in [-0.1, -0.05) is 12.1 Å². The fourth-order valence-corrected chi connectivity index (χ4v) is 0.850. The summed E-state index contributed by atoms with van der Waals surface area (Å²) in [6.07, 6.45) is 0. The smallest absolute Gasteiger partial charge is 0.247 e. The first-order valence-electron chi connectivity index (χ1n) is 3.62. The van der Waals surface area contributed by atoms with Gasteiger partial charge < -0.3 is 0 Å². The Hall–Kier alpha value is -1.86. The van der Waals surface area contributed by atoms with Crippen molar-refractivity contribution in [2.75, 3.05) is 5.06 Å². The van der Waals surface area contributed by atoms with Crippen LogP contribution in [0.4, 0.5) is 11.4 Å². The van der Waals surface area contributed by atoms with E-state index in [-0.39, 0.29) is 0 Å². The number of hydrogen-bond donors (Lipinski definition) is 1. The van der Waals surface area contributed by atoms with Crippen molar-refractivity contribution in [2.24, 2.45) is 0 Å². The third-order valence-corrected chi connectivity index (χ3v) is 1.52. The minimum absolute atomic E-state index is 0.361. The summed E-state index contributed by atoms with van der Waals surface area (Å²) in [5.41, 5.74) is 0.834. The number of hydroxylamine groups is 1. The number of rotatable bonds is 1. The zero-order valence-corrected chi connectivity index (χ0v) is 7.06. The molecule has 0 fully saturated rings. The average Bonchev–Trinajstić information content (AvgIpc) is 2.17. The third-order valence-electron chi connectivity index (χ3n) is 1.52. The third kappa shape index (κ3) is 2.04. The first kappa shape index (κ1) is 9.23. The van der Waals surface area contributed by atoms with E-state index < -0.39 is 5.91 Å². The Morgan fingerprint density at radius 2 is 2.00 bits per heavy atom. The van der Waals surface area contributed by atoms with Crippen molar-refractivity contribution in [2.45, 2.75) is 6.92 Å². The lowest BCUT2D eigenvalue weighted by atomic mass is 10.3. The van der Waals surface area contributed by atoms with E-state index in [9.17, 15) is 4.79 Å². The van der Waals surface area contributed by atoms with Crippen molar-refractivity contribution in [3.63, 3.8) is 0 Å². The standard InChI is InChI=1S/C9H8N2O2/c1-7(12)11(13)9-5-3-8(10-2)4-6-9/h3-6,13H,1H3. The maximum Gasteiger partial charge on any atom is 0.247 e. The van der Waals surface area contributed by atoms with Gasteiger partial charge in [-0.25, -0.2) is 4.85 Å². The van der Waals surface area contributed by atoms with Crippen molar-refractivity contribution in [3.05, 3.63) is 35.7 Å². The van der Waals surface area contributed by atoms with Crippen molar-refractivity contribution in [1.29, 1.82) is 0 Å². The van der Waals surface area contributed by atoms with Crippen LogP contribution in [0.25, 0.3) is 4.85 Å². The summed E-state index contributed by atoms with van der Waals surface area (Å²) in [7, 11) is 0. The number of carbonyl (C=O) groups is 1. The molecule has 1 aromatic carbocycles. The summed E-state index contributed by atoms with van der Waals surface area (Å²) in [6.45, 7) is 7.94. The Labute approximate surface area is 75.8 Å². The summed E-state index contributed by atoms with van der Waals surface area (Å²) in [6, 6.07) is 6.09. The lowest BCUT2D eigenvalue weighted by Gasteiger charge is -2.11. The maximum absolute atomic E-state index is 10.7. The van der Waals surface area contributed by atoms with Crippen molar-refractivity contribution in [1.82, 2.24) is 0 Å². The lowest BCUT2D eigenvalue weighted by Crippen LogP contribution is -2.23. The van der Waals surface area contributed by atoms with E-state index in [0.29, 0.717) is 16.4 Å². The summed E-state index contributed by atoms with van der Waals surface area (Å²) in [4.78, 5) is 13.9. The van der Waals surface area contributed by atoms with Crippen LogP contribution >= 0.6 is 0 Å². The molecule has 0 radical (unpaired) electrons. The van der Waals surface area contributed by atoms with E-state index in [4.69, 9.17) is 11.8 Å². The minimum Gasteiger partial charge on any atom is -0.281 e. The van der Waals surface area contributed by atoms with E-state index in [1.807, 2.05) is 0 Å². The second-order valence-electron chi connectivity index (χ2n) is 2.46. The van der Waals surface area contributed by atoms with Gasteiger partial charge in [-0.3, -0.25) is 10.0 Å². The SMILES string of the molecule is [C-]#[N+]c1ccc(N(O)C(C)=O)cc1. The Morgan fingerprint density at radius 3 is 2.38 bits per heavy atom. The molecule has 0 saturated carbocycles. The van der Waals surface area contributed by atoms with Gasteiger partial charge >= 0.3 is 0 Å². The summed E-state index contributed by atoms with van der Waals surface area (Å²) < 4.78 is 0. The van der Waals surface area contributed by atoms with Crippen LogP contribution in [0.1, 0.15) is 6.92 Å². The number of anilines is 1. The number of hydrogen-bond acceptors (Lipinski definition) is 2. The fourth-order valence-electron chi connectivity index (χ4n) is 0.850. The fraction of sp³-hybridized carbons (Fsp3) is 0.111. The molecule has 0 aliphatic carbocycles. The van der Waals surface area contributed by atoms with E-state index in [1.54, 1.807) is 0 Å². The molecular formula is C9H8N2O2. The largest absolute Gasteiger partial charge is 0.281 e. The predicted molar refractivity (Wildman–Crippen MR) is 47.7 cm³/mol. The zero-order chi connectivity index (χ0) is 9.84. The van der Waals surface area contributed by atoms with Gasteiger partial charge in [0.2, 0.25) is 5.91 Å². The van der Waals surface area contributed by atoms with Crippen LogP contribution in [0.5, 0.6) is 0 Å². The number of carbonyl (C=O) groups excluding carboxylic acids is 1. The van der Waals surface area contributed by atoms with E-state index >= 15 is 0 Å². The molecule has 0 saturated heterocycles. The lowest BCUT2D eigenvalue weighted by molar-refractivity contribution is -0.121. The highest BCUT2D eigenvalue weighted by Crippen LogP contribution is 2.18. The molecule has 1 aromatic rings. The molecule has 0 bridgehead atoms. The number of amides is 1. The highest BCUT2D eigenvalue weighted by atomic mass is 16.5. The van der Waals surface area contributed by atoms with Crippen LogP contribution in [0.15, 0.2) is 24.3 Å². The molecule has 0 aliphatic heterocycles. The first-order chi connectivity index (χ1) is 6.15. The summed E-state index contributed by atoms with van der Waals surface area (Å²) in [5.74, 6) is -0.462. The van der Waals surface area contributed by atoms with Crippen LogP contribution in [0.2, 0.25) is 0 Å². The normalized spacial score (nSPS) is 9.00. The van der Waals surface area contributed by atoms with Crippen LogP contribution in [0, 0.1) is 6.57 Å². The molecule has 4 heteroatoms. The Bertz CT molecular complexity index is 351. The quantitative estimate of drug-likeness (QED) is 0.404. The second kappa shape index (κ2) is 3.70. The molecule has 0 heterocycles. The van der Waals surface area contributed by atoms with Gasteiger partial charge in [-0.15, -0.1) is 0 Å². The molecule has 1 amide bonds. The van der Waals surface area contributed by atoms with Gasteiger partial charge in [-0.2, -0.15) is 5.06 Å². The Kier molecular flexibility index (Phi) is 2.62. The Morgan fingerprint density at radius 1 is 1.46 bits per heavy atom. The van der Waals surface area contributed by atoms with Crippen LogP contribution in [-0.4, -0.2) is 11.1 Å². The number of benzene rings is 1. The van der Waals surface area contributed by atoms with Crippen molar-refractivity contribution in [3.8, 4) is 0 Å². The topological polar surface area (TPSA) is 44.9 Å². The molecule has 0 spiro atoms. The molecule has 0 atom stereocenters. The Balaban J connectivity index is 2.93. The summed E-state index contributed by atoms with van der Waals surface area (Å²) >= 11 is 0. The molecule has 1 rings (SSSR count). The van der Waals surface area contributed by atoms with Crippen LogP contribution in [-0.2, 0) is 4.79 Å². The van der Waals surface area contributed by atoms with Crippen molar-refractivity contribution >= 4 is 17.3 Å². The molecule has 0 aliphatic rings. The highest BCUT2D eigenvalue weighted by Gasteiger charge is 2.06. The van der Waals surface area contributed by atoms with Gasteiger partial charge in [0.05, 0.1) is 12.3 Å². The molecule has 66 valence electrons. The van der Waals surface area contributed by atoms with Crippen LogP contribution in [0.3, 0.4) is 0 Å². The predicted octanol–water partition coefficient (Wildman–Crippen LogP) is 1.98. The molecule has 1 N–H and O–H groups in total. The van der Waals surface area contributed by atoms with Crippen molar-refractivity contribution < 1.29 is 10.0 Å². The molecule has 0 aromatic heterocycles. The molecular weight excluding hydrogens is 168 g/mol. The first-order valence-corrected chi connectivity index (χ1v) is 3.62. The minimum atomic E-state index is -0.462. The zero-order valence-electron chi connectivity index (χ0n) is 7.06. The maximum atomic E-state index is 10.7. The monoisotopic (exact) mass is 176 g/mol. The van der Waals surface area contributed by atoms with E-state index in [0.717, 1.165) is 0 Å².